The molecule has 33 heavy (non-hydrogen) atoms. The number of alkyl halides is 3. The molecule has 0 aliphatic rings. The van der Waals surface area contributed by atoms with E-state index in [-0.39, 0.29) is 17.0 Å². The SMILES string of the molecule is CCN(CC)S(=O)(=O)c1ccc2c(c1)nnn2CCCC(=O)Nc1cccc(C(F)(F)F)c1. The van der Waals surface area contributed by atoms with Gasteiger partial charge >= 0.3 is 6.18 Å². The number of nitrogens with zero attached hydrogens (tertiary/aromatic N) is 4. The third kappa shape index (κ3) is 5.69. The van der Waals surface area contributed by atoms with E-state index in [1.54, 1.807) is 24.6 Å². The lowest BCUT2D eigenvalue weighted by Gasteiger charge is -2.18. The molecule has 0 spiro atoms. The molecule has 12 heteroatoms. The van der Waals surface area contributed by atoms with Gasteiger partial charge in [0, 0.05) is 31.7 Å². The van der Waals surface area contributed by atoms with E-state index in [1.807, 2.05) is 0 Å². The second kappa shape index (κ2) is 9.87. The summed E-state index contributed by atoms with van der Waals surface area (Å²) in [6.07, 6.45) is -4.06. The first-order chi connectivity index (χ1) is 15.6. The number of aromatic nitrogens is 3. The predicted molar refractivity (Wildman–Crippen MR) is 117 cm³/mol. The summed E-state index contributed by atoms with van der Waals surface area (Å²) < 4.78 is 66.7. The van der Waals surface area contributed by atoms with Crippen LogP contribution in [0.3, 0.4) is 0 Å². The predicted octanol–water partition coefficient (Wildman–Crippen LogP) is 3.90. The number of hydrogen-bond acceptors (Lipinski definition) is 5. The zero-order valence-corrected chi connectivity index (χ0v) is 18.9. The molecule has 2 aromatic carbocycles. The van der Waals surface area contributed by atoms with Gasteiger partial charge in [0.15, 0.2) is 0 Å². The van der Waals surface area contributed by atoms with Crippen LogP contribution < -0.4 is 5.32 Å². The van der Waals surface area contributed by atoms with Gasteiger partial charge in [-0.15, -0.1) is 5.10 Å². The molecule has 0 saturated heterocycles. The number of sulfonamides is 1. The van der Waals surface area contributed by atoms with Crippen LogP contribution in [0.15, 0.2) is 47.4 Å². The van der Waals surface area contributed by atoms with Crippen LogP contribution in [0.25, 0.3) is 11.0 Å². The Bertz CT molecular complexity index is 1240. The Morgan fingerprint density at radius 1 is 1.12 bits per heavy atom. The molecule has 0 unspecified atom stereocenters. The highest BCUT2D eigenvalue weighted by Crippen LogP contribution is 2.30. The Labute approximate surface area is 189 Å². The Kier molecular flexibility index (Phi) is 7.38. The van der Waals surface area contributed by atoms with Gasteiger partial charge in [0.25, 0.3) is 0 Å². The van der Waals surface area contributed by atoms with Gasteiger partial charge in [-0.05, 0) is 42.8 Å². The van der Waals surface area contributed by atoms with Crippen LogP contribution in [0.4, 0.5) is 18.9 Å². The minimum atomic E-state index is -4.49. The van der Waals surface area contributed by atoms with Crippen LogP contribution in [0.5, 0.6) is 0 Å². The Morgan fingerprint density at radius 3 is 2.52 bits per heavy atom. The monoisotopic (exact) mass is 483 g/mol. The van der Waals surface area contributed by atoms with Crippen molar-refractivity contribution in [3.8, 4) is 0 Å². The highest BCUT2D eigenvalue weighted by Gasteiger charge is 2.30. The molecule has 3 aromatic rings. The lowest BCUT2D eigenvalue weighted by molar-refractivity contribution is -0.137. The molecule has 0 fully saturated rings. The van der Waals surface area contributed by atoms with E-state index in [9.17, 15) is 26.4 Å². The van der Waals surface area contributed by atoms with Crippen molar-refractivity contribution in [3.05, 3.63) is 48.0 Å². The molecule has 1 amide bonds. The van der Waals surface area contributed by atoms with Gasteiger partial charge in [-0.25, -0.2) is 13.1 Å². The zero-order chi connectivity index (χ0) is 24.2. The number of benzene rings is 2. The number of carbonyl (C=O) groups is 1. The average Bonchev–Trinajstić information content (AvgIpc) is 3.16. The standard InChI is InChI=1S/C21H24F3N5O3S/c1-3-28(4-2)33(31,32)17-10-11-19-18(14-17)26-27-29(19)12-6-9-20(30)25-16-8-5-7-15(13-16)21(22,23)24/h5,7-8,10-11,13-14H,3-4,6,9,12H2,1-2H3,(H,25,30). The van der Waals surface area contributed by atoms with Crippen LogP contribution in [0.2, 0.25) is 0 Å². The maximum atomic E-state index is 12.8. The highest BCUT2D eigenvalue weighted by molar-refractivity contribution is 7.89. The van der Waals surface area contributed by atoms with Crippen LogP contribution in [0.1, 0.15) is 32.3 Å². The summed E-state index contributed by atoms with van der Waals surface area (Å²) in [6, 6.07) is 9.02. The molecule has 0 saturated carbocycles. The van der Waals surface area contributed by atoms with Crippen LogP contribution in [-0.4, -0.2) is 46.7 Å². The molecule has 178 valence electrons. The molecule has 1 N–H and O–H groups in total. The van der Waals surface area contributed by atoms with Crippen LogP contribution >= 0.6 is 0 Å². The van der Waals surface area contributed by atoms with Crippen LogP contribution in [0, 0.1) is 0 Å². The largest absolute Gasteiger partial charge is 0.416 e. The number of hydrogen-bond donors (Lipinski definition) is 1. The van der Waals surface area contributed by atoms with Gasteiger partial charge in [0.2, 0.25) is 15.9 Å². The summed E-state index contributed by atoms with van der Waals surface area (Å²) >= 11 is 0. The van der Waals surface area contributed by atoms with Gasteiger partial charge in [-0.3, -0.25) is 4.79 Å². The summed E-state index contributed by atoms with van der Waals surface area (Å²) in [4.78, 5) is 12.3. The lowest BCUT2D eigenvalue weighted by atomic mass is 10.2. The molecule has 0 bridgehead atoms. The normalized spacial score (nSPS) is 12.4. The van der Waals surface area contributed by atoms with E-state index < -0.39 is 27.7 Å². The molecule has 0 radical (unpaired) electrons. The second-order valence-corrected chi connectivity index (χ2v) is 9.22. The van der Waals surface area contributed by atoms with Crippen molar-refractivity contribution in [3.63, 3.8) is 0 Å². The van der Waals surface area contributed by atoms with E-state index in [0.29, 0.717) is 37.1 Å². The fraction of sp³-hybridized carbons (Fsp3) is 0.381. The molecule has 0 aliphatic heterocycles. The van der Waals surface area contributed by atoms with Crippen molar-refractivity contribution in [1.82, 2.24) is 19.3 Å². The molecule has 8 nitrogen and oxygen atoms in total. The maximum absolute atomic E-state index is 12.8. The number of fused-ring (bicyclic) bond motifs is 1. The molecule has 1 aromatic heterocycles. The third-order valence-electron chi connectivity index (χ3n) is 5.08. The maximum Gasteiger partial charge on any atom is 0.416 e. The van der Waals surface area contributed by atoms with Crippen molar-refractivity contribution in [1.29, 1.82) is 0 Å². The number of aryl methyl sites for hydroxylation is 1. The number of amides is 1. The molecular formula is C21H24F3N5O3S. The van der Waals surface area contributed by atoms with Gasteiger partial charge in [0.05, 0.1) is 16.0 Å². The van der Waals surface area contributed by atoms with E-state index in [1.165, 1.54) is 28.6 Å². The van der Waals surface area contributed by atoms with E-state index in [0.717, 1.165) is 12.1 Å². The van der Waals surface area contributed by atoms with Crippen molar-refractivity contribution >= 4 is 32.7 Å². The highest BCUT2D eigenvalue weighted by atomic mass is 32.2. The van der Waals surface area contributed by atoms with Crippen molar-refractivity contribution in [2.45, 2.75) is 44.3 Å². The first kappa shape index (κ1) is 24.6. The quantitative estimate of drug-likeness (QED) is 0.498. The third-order valence-corrected chi connectivity index (χ3v) is 7.12. The fourth-order valence-electron chi connectivity index (χ4n) is 3.38. The van der Waals surface area contributed by atoms with Gasteiger partial charge < -0.3 is 5.32 Å². The van der Waals surface area contributed by atoms with Crippen molar-refractivity contribution < 1.29 is 26.4 Å². The molecular weight excluding hydrogens is 459 g/mol. The molecule has 1 heterocycles. The summed E-state index contributed by atoms with van der Waals surface area (Å²) in [5, 5.41) is 10.5. The summed E-state index contributed by atoms with van der Waals surface area (Å²) in [7, 11) is -3.62. The van der Waals surface area contributed by atoms with Crippen LogP contribution in [-0.2, 0) is 27.5 Å². The first-order valence-electron chi connectivity index (χ1n) is 10.4. The minimum absolute atomic E-state index is 0.0615. The van der Waals surface area contributed by atoms with E-state index >= 15 is 0 Å². The number of nitrogens with one attached hydrogen (secondary N) is 1. The van der Waals surface area contributed by atoms with Gasteiger partial charge in [-0.1, -0.05) is 25.1 Å². The molecule has 0 aliphatic carbocycles. The first-order valence-corrected chi connectivity index (χ1v) is 11.8. The second-order valence-electron chi connectivity index (χ2n) is 7.28. The number of anilines is 1. The zero-order valence-electron chi connectivity index (χ0n) is 18.1. The topological polar surface area (TPSA) is 97.2 Å². The van der Waals surface area contributed by atoms with Crippen molar-refractivity contribution in [2.24, 2.45) is 0 Å². The summed E-state index contributed by atoms with van der Waals surface area (Å²) in [6.45, 7) is 4.56. The van der Waals surface area contributed by atoms with Crippen molar-refractivity contribution in [2.75, 3.05) is 18.4 Å². The number of carbonyl (C=O) groups excluding carboxylic acids is 1. The van der Waals surface area contributed by atoms with Gasteiger partial charge in [-0.2, -0.15) is 17.5 Å². The van der Waals surface area contributed by atoms with E-state index in [2.05, 4.69) is 15.6 Å². The minimum Gasteiger partial charge on any atom is -0.326 e. The number of rotatable bonds is 9. The smallest absolute Gasteiger partial charge is 0.326 e. The fourth-order valence-corrected chi connectivity index (χ4v) is 4.85. The Hall–Kier alpha value is -2.99. The Balaban J connectivity index is 1.62. The summed E-state index contributed by atoms with van der Waals surface area (Å²) in [5.41, 5.74) is 0.267. The Morgan fingerprint density at radius 2 is 1.85 bits per heavy atom. The number of halogens is 3. The molecule has 0 atom stereocenters. The molecule has 3 rings (SSSR count). The van der Waals surface area contributed by atoms with E-state index in [4.69, 9.17) is 0 Å². The average molecular weight is 484 g/mol. The van der Waals surface area contributed by atoms with Gasteiger partial charge in [0.1, 0.15) is 5.52 Å². The summed E-state index contributed by atoms with van der Waals surface area (Å²) in [5.74, 6) is -0.425. The lowest BCUT2D eigenvalue weighted by Crippen LogP contribution is -2.30.